The van der Waals surface area contributed by atoms with Gasteiger partial charge in [-0.15, -0.1) is 0 Å². The van der Waals surface area contributed by atoms with Crippen molar-refractivity contribution in [1.29, 1.82) is 0 Å². The first kappa shape index (κ1) is 11.6. The molecule has 1 aromatic carbocycles. The van der Waals surface area contributed by atoms with Crippen LogP contribution in [0.4, 0.5) is 0 Å². The maximum atomic E-state index is 9.06. The van der Waals surface area contributed by atoms with Crippen molar-refractivity contribution in [1.82, 2.24) is 5.32 Å². The van der Waals surface area contributed by atoms with Gasteiger partial charge in [0.25, 0.3) is 0 Å². The monoisotopic (exact) mass is 221 g/mol. The standard InChI is InChI=1S/C13H19NO2/c1-9-2-4-12-10(6-9)3-5-13(12)14-11(7-15)8-16/h2,4,6,11,13-16H,3,5,7-8H2,1H3. The van der Waals surface area contributed by atoms with Gasteiger partial charge in [0.15, 0.2) is 0 Å². The summed E-state index contributed by atoms with van der Waals surface area (Å²) in [5.74, 6) is 0. The van der Waals surface area contributed by atoms with Crippen LogP contribution in [0.1, 0.15) is 29.2 Å². The number of aliphatic hydroxyl groups is 2. The normalized spacial score (nSPS) is 19.1. The van der Waals surface area contributed by atoms with Gasteiger partial charge in [0, 0.05) is 6.04 Å². The number of fused-ring (bicyclic) bond motifs is 1. The zero-order valence-electron chi connectivity index (χ0n) is 9.61. The molecule has 0 spiro atoms. The highest BCUT2D eigenvalue weighted by Crippen LogP contribution is 2.31. The van der Waals surface area contributed by atoms with E-state index >= 15 is 0 Å². The number of aliphatic hydroxyl groups excluding tert-OH is 2. The van der Waals surface area contributed by atoms with Gasteiger partial charge in [0.1, 0.15) is 0 Å². The van der Waals surface area contributed by atoms with Crippen LogP contribution in [0.15, 0.2) is 18.2 Å². The Kier molecular flexibility index (Phi) is 3.59. The van der Waals surface area contributed by atoms with Gasteiger partial charge in [0.05, 0.1) is 19.3 Å². The molecule has 16 heavy (non-hydrogen) atoms. The summed E-state index contributed by atoms with van der Waals surface area (Å²) in [6.45, 7) is 2.06. The maximum Gasteiger partial charge on any atom is 0.0607 e. The Morgan fingerprint density at radius 2 is 2.12 bits per heavy atom. The lowest BCUT2D eigenvalue weighted by Gasteiger charge is -2.20. The molecule has 0 radical (unpaired) electrons. The molecule has 3 nitrogen and oxygen atoms in total. The van der Waals surface area contributed by atoms with Crippen molar-refractivity contribution >= 4 is 0 Å². The molecule has 0 amide bonds. The summed E-state index contributed by atoms with van der Waals surface area (Å²) >= 11 is 0. The van der Waals surface area contributed by atoms with E-state index in [9.17, 15) is 0 Å². The van der Waals surface area contributed by atoms with Gasteiger partial charge in [-0.1, -0.05) is 23.8 Å². The van der Waals surface area contributed by atoms with Crippen molar-refractivity contribution in [3.8, 4) is 0 Å². The second-order valence-corrected chi connectivity index (χ2v) is 4.52. The van der Waals surface area contributed by atoms with E-state index in [1.165, 1.54) is 16.7 Å². The second kappa shape index (κ2) is 4.95. The van der Waals surface area contributed by atoms with Crippen molar-refractivity contribution in [3.63, 3.8) is 0 Å². The van der Waals surface area contributed by atoms with Crippen molar-refractivity contribution in [3.05, 3.63) is 34.9 Å². The quantitative estimate of drug-likeness (QED) is 0.709. The lowest BCUT2D eigenvalue weighted by molar-refractivity contribution is 0.162. The number of benzene rings is 1. The zero-order chi connectivity index (χ0) is 11.5. The highest BCUT2D eigenvalue weighted by molar-refractivity contribution is 5.37. The molecule has 0 bridgehead atoms. The number of nitrogens with one attached hydrogen (secondary N) is 1. The summed E-state index contributed by atoms with van der Waals surface area (Å²) in [5.41, 5.74) is 4.00. The Morgan fingerprint density at radius 1 is 1.38 bits per heavy atom. The molecule has 1 atom stereocenters. The molecule has 1 aromatic rings. The zero-order valence-corrected chi connectivity index (χ0v) is 9.61. The first-order valence-corrected chi connectivity index (χ1v) is 5.81. The molecule has 2 rings (SSSR count). The van der Waals surface area contributed by atoms with Crippen LogP contribution in [0.2, 0.25) is 0 Å². The Morgan fingerprint density at radius 3 is 2.81 bits per heavy atom. The minimum atomic E-state index is -0.211. The van der Waals surface area contributed by atoms with Crippen LogP contribution in [-0.4, -0.2) is 29.5 Å². The molecule has 3 N–H and O–H groups in total. The third-order valence-corrected chi connectivity index (χ3v) is 3.25. The van der Waals surface area contributed by atoms with Crippen LogP contribution in [0.5, 0.6) is 0 Å². The van der Waals surface area contributed by atoms with E-state index in [0.717, 1.165) is 12.8 Å². The van der Waals surface area contributed by atoms with Crippen LogP contribution in [0.3, 0.4) is 0 Å². The summed E-state index contributed by atoms with van der Waals surface area (Å²) in [4.78, 5) is 0. The van der Waals surface area contributed by atoms with Gasteiger partial charge in [-0.3, -0.25) is 0 Å². The topological polar surface area (TPSA) is 52.5 Å². The van der Waals surface area contributed by atoms with Crippen LogP contribution in [0, 0.1) is 6.92 Å². The summed E-state index contributed by atoms with van der Waals surface area (Å²) in [6.07, 6.45) is 2.13. The van der Waals surface area contributed by atoms with Crippen LogP contribution >= 0.6 is 0 Å². The van der Waals surface area contributed by atoms with E-state index in [1.54, 1.807) is 0 Å². The van der Waals surface area contributed by atoms with E-state index in [2.05, 4.69) is 30.4 Å². The fourth-order valence-electron chi connectivity index (χ4n) is 2.37. The highest BCUT2D eigenvalue weighted by atomic mass is 16.3. The third-order valence-electron chi connectivity index (χ3n) is 3.25. The van der Waals surface area contributed by atoms with E-state index in [1.807, 2.05) is 0 Å². The molecular weight excluding hydrogens is 202 g/mol. The minimum Gasteiger partial charge on any atom is -0.395 e. The lowest BCUT2D eigenvalue weighted by Crippen LogP contribution is -2.37. The van der Waals surface area contributed by atoms with E-state index in [4.69, 9.17) is 10.2 Å². The van der Waals surface area contributed by atoms with Gasteiger partial charge >= 0.3 is 0 Å². The van der Waals surface area contributed by atoms with Crippen molar-refractivity contribution in [2.75, 3.05) is 13.2 Å². The summed E-state index contributed by atoms with van der Waals surface area (Å²) in [7, 11) is 0. The summed E-state index contributed by atoms with van der Waals surface area (Å²) < 4.78 is 0. The molecule has 0 saturated heterocycles. The third kappa shape index (κ3) is 2.26. The minimum absolute atomic E-state index is 0.0196. The van der Waals surface area contributed by atoms with Gasteiger partial charge < -0.3 is 15.5 Å². The van der Waals surface area contributed by atoms with Crippen molar-refractivity contribution in [2.45, 2.75) is 31.8 Å². The van der Waals surface area contributed by atoms with E-state index < -0.39 is 0 Å². The lowest BCUT2D eigenvalue weighted by atomic mass is 10.0. The molecule has 0 fully saturated rings. The molecule has 1 unspecified atom stereocenters. The van der Waals surface area contributed by atoms with Gasteiger partial charge in [0.2, 0.25) is 0 Å². The first-order valence-electron chi connectivity index (χ1n) is 5.81. The summed E-state index contributed by atoms with van der Waals surface area (Å²) in [6, 6.07) is 6.56. The molecular formula is C13H19NO2. The fourth-order valence-corrected chi connectivity index (χ4v) is 2.37. The number of aryl methyl sites for hydroxylation is 2. The fraction of sp³-hybridized carbons (Fsp3) is 0.538. The van der Waals surface area contributed by atoms with Crippen LogP contribution < -0.4 is 5.32 Å². The van der Waals surface area contributed by atoms with Crippen molar-refractivity contribution in [2.24, 2.45) is 0 Å². The average molecular weight is 221 g/mol. The van der Waals surface area contributed by atoms with Crippen LogP contribution in [-0.2, 0) is 6.42 Å². The predicted octanol–water partition coefficient (Wildman–Crippen LogP) is 0.925. The Balaban J connectivity index is 2.11. The SMILES string of the molecule is Cc1ccc2c(c1)CCC2NC(CO)CO. The average Bonchev–Trinajstić information content (AvgIpc) is 2.68. The van der Waals surface area contributed by atoms with E-state index in [0.29, 0.717) is 0 Å². The Bertz CT molecular complexity index is 361. The molecule has 0 aromatic heterocycles. The van der Waals surface area contributed by atoms with Gasteiger partial charge in [-0.2, -0.15) is 0 Å². The van der Waals surface area contributed by atoms with Crippen molar-refractivity contribution < 1.29 is 10.2 Å². The Hall–Kier alpha value is -0.900. The molecule has 1 aliphatic rings. The molecule has 88 valence electrons. The number of hydrogen-bond donors (Lipinski definition) is 3. The van der Waals surface area contributed by atoms with Crippen LogP contribution in [0.25, 0.3) is 0 Å². The largest absolute Gasteiger partial charge is 0.395 e. The molecule has 0 saturated carbocycles. The maximum absolute atomic E-state index is 9.06. The number of hydrogen-bond acceptors (Lipinski definition) is 3. The first-order chi connectivity index (χ1) is 7.74. The second-order valence-electron chi connectivity index (χ2n) is 4.52. The predicted molar refractivity (Wildman–Crippen MR) is 63.3 cm³/mol. The molecule has 0 heterocycles. The van der Waals surface area contributed by atoms with E-state index in [-0.39, 0.29) is 25.3 Å². The number of rotatable bonds is 4. The Labute approximate surface area is 96.1 Å². The molecule has 0 aliphatic heterocycles. The van der Waals surface area contributed by atoms with Gasteiger partial charge in [-0.25, -0.2) is 0 Å². The molecule has 3 heteroatoms. The summed E-state index contributed by atoms with van der Waals surface area (Å²) in [5, 5.41) is 21.4. The molecule has 1 aliphatic carbocycles. The smallest absolute Gasteiger partial charge is 0.0607 e. The van der Waals surface area contributed by atoms with Gasteiger partial charge in [-0.05, 0) is 30.9 Å². The highest BCUT2D eigenvalue weighted by Gasteiger charge is 2.24.